The van der Waals surface area contributed by atoms with Crippen LogP contribution in [0.1, 0.15) is 39.4 Å². The number of hydrogen-bond donors (Lipinski definition) is 2. The monoisotopic (exact) mass is 575 g/mol. The van der Waals surface area contributed by atoms with Gasteiger partial charge in [0.15, 0.2) is 5.96 Å². The number of alkyl carbamates (subject to hydrolysis) is 1. The summed E-state index contributed by atoms with van der Waals surface area (Å²) in [5.41, 5.74) is -0.513. The van der Waals surface area contributed by atoms with Gasteiger partial charge in [0.1, 0.15) is 17.9 Å². The van der Waals surface area contributed by atoms with Gasteiger partial charge in [-0.1, -0.05) is 0 Å². The minimum Gasteiger partial charge on any atom is -0.469 e. The Morgan fingerprint density at radius 3 is 2.67 bits per heavy atom. The van der Waals surface area contributed by atoms with Crippen molar-refractivity contribution in [3.63, 3.8) is 0 Å². The van der Waals surface area contributed by atoms with Crippen molar-refractivity contribution in [2.75, 3.05) is 40.3 Å². The Morgan fingerprint density at radius 2 is 2.03 bits per heavy atom. The number of fused-ring (bicyclic) bond motifs is 1. The van der Waals surface area contributed by atoms with E-state index in [0.717, 1.165) is 44.1 Å². The maximum absolute atomic E-state index is 12.3. The van der Waals surface area contributed by atoms with Crippen LogP contribution in [-0.2, 0) is 16.0 Å². The van der Waals surface area contributed by atoms with Crippen molar-refractivity contribution in [1.82, 2.24) is 20.4 Å². The van der Waals surface area contributed by atoms with Crippen LogP contribution in [0.25, 0.3) is 0 Å². The highest BCUT2D eigenvalue weighted by atomic mass is 127. The van der Waals surface area contributed by atoms with Crippen LogP contribution in [0, 0.1) is 11.8 Å². The molecule has 33 heavy (non-hydrogen) atoms. The van der Waals surface area contributed by atoms with Gasteiger partial charge in [0.2, 0.25) is 5.91 Å². The summed E-state index contributed by atoms with van der Waals surface area (Å²) in [5.74, 6) is 2.42. The fraction of sp³-hybridized carbons (Fsp3) is 0.696. The predicted molar refractivity (Wildman–Crippen MR) is 138 cm³/mol. The van der Waals surface area contributed by atoms with E-state index >= 15 is 0 Å². The number of hydrogen-bond acceptors (Lipinski definition) is 5. The van der Waals surface area contributed by atoms with Crippen molar-refractivity contribution in [2.24, 2.45) is 16.8 Å². The Morgan fingerprint density at radius 1 is 1.27 bits per heavy atom. The van der Waals surface area contributed by atoms with Crippen molar-refractivity contribution in [3.8, 4) is 0 Å². The Hall–Kier alpha value is -1.98. The van der Waals surface area contributed by atoms with Gasteiger partial charge in [0.05, 0.1) is 6.26 Å². The zero-order chi connectivity index (χ0) is 23.3. The summed E-state index contributed by atoms with van der Waals surface area (Å²) >= 11 is 0. The quantitative estimate of drug-likeness (QED) is 0.308. The topological polar surface area (TPSA) is 99.4 Å². The number of rotatable bonds is 6. The molecule has 1 aromatic rings. The summed E-state index contributed by atoms with van der Waals surface area (Å²) in [6.45, 7) is 8.01. The van der Waals surface area contributed by atoms with Gasteiger partial charge in [-0.15, -0.1) is 24.0 Å². The number of likely N-dealkylation sites (N-methyl/N-ethyl adjacent to an activating group) is 1. The van der Waals surface area contributed by atoms with Crippen LogP contribution in [0.2, 0.25) is 0 Å². The average molecular weight is 575 g/mol. The van der Waals surface area contributed by atoms with Crippen LogP contribution in [-0.4, -0.2) is 79.7 Å². The molecule has 1 saturated carbocycles. The standard InChI is InChI=1S/C23H37N5O4.HI/c1-23(2,3)32-22(30)26-19-9-8-16-14-28(15-18(16)19)21(25-13-20(29)27(4)5)24-11-10-17-7-6-12-31-17;/h6-7,12,16,18-19H,8-11,13-15H2,1-5H3,(H,24,25)(H,26,30);1H. The Bertz CT molecular complexity index is 806. The molecule has 2 heterocycles. The van der Waals surface area contributed by atoms with Gasteiger partial charge in [-0.3, -0.25) is 4.79 Å². The number of aliphatic imine (C=N–C) groups is 1. The molecule has 2 fully saturated rings. The zero-order valence-electron chi connectivity index (χ0n) is 20.3. The van der Waals surface area contributed by atoms with Gasteiger partial charge in [-0.2, -0.15) is 0 Å². The molecule has 0 aromatic carbocycles. The van der Waals surface area contributed by atoms with Crippen LogP contribution in [0.4, 0.5) is 4.79 Å². The molecule has 2 N–H and O–H groups in total. The van der Waals surface area contributed by atoms with E-state index in [0.29, 0.717) is 18.4 Å². The number of carbonyl (C=O) groups is 2. The number of halogens is 1. The second kappa shape index (κ2) is 11.9. The molecule has 3 atom stereocenters. The third kappa shape index (κ3) is 8.08. The molecule has 186 valence electrons. The second-order valence-corrected chi connectivity index (χ2v) is 9.84. The van der Waals surface area contributed by atoms with E-state index in [-0.39, 0.29) is 48.6 Å². The first kappa shape index (κ1) is 27.3. The highest BCUT2D eigenvalue weighted by Crippen LogP contribution is 2.38. The van der Waals surface area contributed by atoms with E-state index in [2.05, 4.69) is 20.5 Å². The maximum Gasteiger partial charge on any atom is 0.407 e. The van der Waals surface area contributed by atoms with Gasteiger partial charge in [0, 0.05) is 52.1 Å². The number of furan rings is 1. The first-order valence-electron chi connectivity index (χ1n) is 11.4. The predicted octanol–water partition coefficient (Wildman–Crippen LogP) is 2.71. The lowest BCUT2D eigenvalue weighted by molar-refractivity contribution is -0.127. The molecule has 2 amide bonds. The van der Waals surface area contributed by atoms with Crippen molar-refractivity contribution in [3.05, 3.63) is 24.2 Å². The highest BCUT2D eigenvalue weighted by Gasteiger charge is 2.44. The third-order valence-corrected chi connectivity index (χ3v) is 5.96. The molecule has 2 aliphatic rings. The van der Waals surface area contributed by atoms with E-state index in [1.807, 2.05) is 32.9 Å². The lowest BCUT2D eigenvalue weighted by atomic mass is 9.98. The SMILES string of the molecule is CN(C)C(=O)CN=C(NCCc1ccco1)N1CC2CCC(NC(=O)OC(C)(C)C)C2C1.I. The molecular formula is C23H38IN5O4. The van der Waals surface area contributed by atoms with E-state index in [1.165, 1.54) is 0 Å². The fourth-order valence-corrected chi connectivity index (χ4v) is 4.38. The van der Waals surface area contributed by atoms with Gasteiger partial charge in [0.25, 0.3) is 0 Å². The van der Waals surface area contributed by atoms with Crippen molar-refractivity contribution in [1.29, 1.82) is 0 Å². The van der Waals surface area contributed by atoms with Crippen LogP contribution in [0.3, 0.4) is 0 Å². The molecule has 0 radical (unpaired) electrons. The minimum atomic E-state index is -0.513. The van der Waals surface area contributed by atoms with E-state index < -0.39 is 5.60 Å². The number of nitrogens with one attached hydrogen (secondary N) is 2. The summed E-state index contributed by atoms with van der Waals surface area (Å²) < 4.78 is 10.9. The van der Waals surface area contributed by atoms with Crippen LogP contribution in [0.15, 0.2) is 27.8 Å². The largest absolute Gasteiger partial charge is 0.469 e. The minimum absolute atomic E-state index is 0. The molecule has 1 aliphatic heterocycles. The first-order chi connectivity index (χ1) is 15.1. The highest BCUT2D eigenvalue weighted by molar-refractivity contribution is 14.0. The molecule has 1 aromatic heterocycles. The number of likely N-dealkylation sites (tertiary alicyclic amines) is 1. The number of ether oxygens (including phenoxy) is 1. The summed E-state index contributed by atoms with van der Waals surface area (Å²) in [4.78, 5) is 32.7. The maximum atomic E-state index is 12.3. The van der Waals surface area contributed by atoms with Crippen molar-refractivity contribution >= 4 is 41.9 Å². The average Bonchev–Trinajstić information content (AvgIpc) is 3.41. The zero-order valence-corrected chi connectivity index (χ0v) is 22.6. The summed E-state index contributed by atoms with van der Waals surface area (Å²) in [6, 6.07) is 3.91. The summed E-state index contributed by atoms with van der Waals surface area (Å²) in [6.07, 6.45) is 4.05. The van der Waals surface area contributed by atoms with Crippen molar-refractivity contribution < 1.29 is 18.7 Å². The molecule has 10 heteroatoms. The van der Waals surface area contributed by atoms with Gasteiger partial charge in [-0.05, 0) is 51.7 Å². The van der Waals surface area contributed by atoms with Gasteiger partial charge in [-0.25, -0.2) is 9.79 Å². The van der Waals surface area contributed by atoms with E-state index in [1.54, 1.807) is 25.3 Å². The first-order valence-corrected chi connectivity index (χ1v) is 11.4. The van der Waals surface area contributed by atoms with Crippen LogP contribution in [0.5, 0.6) is 0 Å². The lowest BCUT2D eigenvalue weighted by Crippen LogP contribution is -2.45. The molecule has 0 bridgehead atoms. The van der Waals surface area contributed by atoms with Gasteiger partial charge >= 0.3 is 6.09 Å². The van der Waals surface area contributed by atoms with Crippen LogP contribution < -0.4 is 10.6 Å². The number of amides is 2. The van der Waals surface area contributed by atoms with Gasteiger partial charge < -0.3 is 29.6 Å². The fourth-order valence-electron chi connectivity index (χ4n) is 4.38. The van der Waals surface area contributed by atoms with Crippen molar-refractivity contribution in [2.45, 2.75) is 51.7 Å². The summed E-state index contributed by atoms with van der Waals surface area (Å²) in [7, 11) is 3.46. The summed E-state index contributed by atoms with van der Waals surface area (Å²) in [5, 5.41) is 6.48. The molecular weight excluding hydrogens is 537 g/mol. The van der Waals surface area contributed by atoms with Crippen LogP contribution >= 0.6 is 24.0 Å². The third-order valence-electron chi connectivity index (χ3n) is 5.96. The van der Waals surface area contributed by atoms with E-state index in [9.17, 15) is 9.59 Å². The number of carbonyl (C=O) groups excluding carboxylic acids is 2. The Balaban J connectivity index is 0.00000385. The smallest absolute Gasteiger partial charge is 0.407 e. The lowest BCUT2D eigenvalue weighted by Gasteiger charge is -2.26. The Kier molecular flexibility index (Phi) is 9.86. The second-order valence-electron chi connectivity index (χ2n) is 9.84. The molecule has 1 saturated heterocycles. The molecule has 9 nitrogen and oxygen atoms in total. The van der Waals surface area contributed by atoms with E-state index in [4.69, 9.17) is 9.15 Å². The normalized spacial score (nSPS) is 22.4. The molecule has 0 spiro atoms. The Labute approximate surface area is 213 Å². The molecule has 3 rings (SSSR count). The number of guanidine groups is 1. The molecule has 3 unspecified atom stereocenters. The molecule has 1 aliphatic carbocycles. The number of nitrogens with zero attached hydrogens (tertiary/aromatic N) is 3.